The number of carbonyl (C=O) groups excluding carboxylic acids is 1. The minimum Gasteiger partial charge on any atom is -0.496 e. The van der Waals surface area contributed by atoms with Crippen molar-refractivity contribution in [3.8, 4) is 5.75 Å². The molecule has 0 unspecified atom stereocenters. The lowest BCUT2D eigenvalue weighted by atomic mass is 10.2. The molecule has 27 heavy (non-hydrogen) atoms. The Morgan fingerprint density at radius 1 is 1.37 bits per heavy atom. The molecule has 0 spiro atoms. The van der Waals surface area contributed by atoms with Crippen LogP contribution in [0.2, 0.25) is 5.02 Å². The predicted octanol–water partition coefficient (Wildman–Crippen LogP) is 4.52. The number of hydrogen-bond donors (Lipinski definition) is 1. The van der Waals surface area contributed by atoms with Crippen LogP contribution in [0.25, 0.3) is 11.1 Å². The smallest absolute Gasteiger partial charge is 0.296 e. The summed E-state index contributed by atoms with van der Waals surface area (Å²) in [5.41, 5.74) is 0.975. The van der Waals surface area contributed by atoms with Gasteiger partial charge in [-0.25, -0.2) is 4.98 Å². The van der Waals surface area contributed by atoms with Crippen LogP contribution in [-0.2, 0) is 4.79 Å². The number of nitrogens with zero attached hydrogens (tertiary/aromatic N) is 2. The summed E-state index contributed by atoms with van der Waals surface area (Å²) in [6, 6.07) is 9.26. The lowest BCUT2D eigenvalue weighted by molar-refractivity contribution is -0.384. The fraction of sp³-hybridized carbons (Fsp3) is 0.176. The van der Waals surface area contributed by atoms with Gasteiger partial charge in [0.1, 0.15) is 17.0 Å². The predicted molar refractivity (Wildman–Crippen MR) is 103 cm³/mol. The molecular weight excluding hydrogens is 394 g/mol. The lowest BCUT2D eigenvalue weighted by Crippen LogP contribution is -2.22. The normalized spacial score (nSPS) is 12.0. The van der Waals surface area contributed by atoms with Crippen LogP contribution < -0.4 is 10.1 Å². The number of carbonyl (C=O) groups is 1. The number of nitro groups is 1. The molecule has 3 rings (SSSR count). The topological polar surface area (TPSA) is 108 Å². The van der Waals surface area contributed by atoms with E-state index < -0.39 is 16.1 Å². The zero-order valence-electron chi connectivity index (χ0n) is 14.3. The van der Waals surface area contributed by atoms with E-state index in [-0.39, 0.29) is 11.4 Å². The number of fused-ring (bicyclic) bond motifs is 1. The summed E-state index contributed by atoms with van der Waals surface area (Å²) in [4.78, 5) is 27.4. The Morgan fingerprint density at radius 2 is 2.15 bits per heavy atom. The summed E-state index contributed by atoms with van der Waals surface area (Å²) in [5, 5.41) is 14.0. The first kappa shape index (κ1) is 19.0. The van der Waals surface area contributed by atoms with Crippen molar-refractivity contribution in [3.63, 3.8) is 0 Å². The van der Waals surface area contributed by atoms with Crippen LogP contribution in [0.3, 0.4) is 0 Å². The molecule has 10 heteroatoms. The molecule has 1 heterocycles. The summed E-state index contributed by atoms with van der Waals surface area (Å²) >= 11 is 7.01. The number of ether oxygens (including phenoxy) is 1. The van der Waals surface area contributed by atoms with E-state index in [0.717, 1.165) is 11.8 Å². The number of amides is 1. The second kappa shape index (κ2) is 7.85. The number of nitrogens with one attached hydrogen (secondary N) is 1. The van der Waals surface area contributed by atoms with Crippen molar-refractivity contribution < 1.29 is 18.9 Å². The van der Waals surface area contributed by atoms with Gasteiger partial charge < -0.3 is 14.5 Å². The average Bonchev–Trinajstić information content (AvgIpc) is 3.02. The van der Waals surface area contributed by atoms with Gasteiger partial charge in [-0.1, -0.05) is 23.4 Å². The molecule has 1 amide bonds. The van der Waals surface area contributed by atoms with Gasteiger partial charge in [0.25, 0.3) is 10.9 Å². The first-order chi connectivity index (χ1) is 12.9. The molecule has 0 aliphatic rings. The van der Waals surface area contributed by atoms with E-state index in [1.165, 1.54) is 25.3 Å². The number of rotatable bonds is 6. The first-order valence-electron chi connectivity index (χ1n) is 7.73. The minimum absolute atomic E-state index is 0.0857. The molecule has 2 aromatic carbocycles. The molecule has 0 aliphatic carbocycles. The van der Waals surface area contributed by atoms with Crippen molar-refractivity contribution in [2.75, 3.05) is 12.4 Å². The Morgan fingerprint density at radius 3 is 2.85 bits per heavy atom. The monoisotopic (exact) mass is 407 g/mol. The number of nitro benzene ring substituents is 1. The van der Waals surface area contributed by atoms with Crippen LogP contribution in [0.15, 0.2) is 46.0 Å². The van der Waals surface area contributed by atoms with Gasteiger partial charge in [-0.2, -0.15) is 0 Å². The summed E-state index contributed by atoms with van der Waals surface area (Å²) < 4.78 is 10.6. The van der Waals surface area contributed by atoms with Gasteiger partial charge in [-0.05, 0) is 31.2 Å². The molecule has 1 aromatic heterocycles. The lowest BCUT2D eigenvalue weighted by Gasteiger charge is -2.11. The summed E-state index contributed by atoms with van der Waals surface area (Å²) in [6.07, 6.45) is 0. The van der Waals surface area contributed by atoms with E-state index in [2.05, 4.69) is 10.3 Å². The van der Waals surface area contributed by atoms with Crippen molar-refractivity contribution in [1.29, 1.82) is 0 Å². The number of anilines is 1. The van der Waals surface area contributed by atoms with Crippen LogP contribution >= 0.6 is 23.4 Å². The number of hydrogen-bond acceptors (Lipinski definition) is 7. The highest BCUT2D eigenvalue weighted by Gasteiger charge is 2.22. The maximum atomic E-state index is 12.4. The Balaban J connectivity index is 1.74. The molecule has 8 nitrogen and oxygen atoms in total. The van der Waals surface area contributed by atoms with Gasteiger partial charge in [0.05, 0.1) is 23.3 Å². The number of benzene rings is 2. The summed E-state index contributed by atoms with van der Waals surface area (Å²) in [6.45, 7) is 1.65. The number of oxazole rings is 1. The number of aromatic nitrogens is 1. The summed E-state index contributed by atoms with van der Waals surface area (Å²) in [7, 11) is 1.41. The second-order valence-electron chi connectivity index (χ2n) is 5.48. The Kier molecular flexibility index (Phi) is 5.52. The molecule has 1 atom stereocenters. The van der Waals surface area contributed by atoms with Gasteiger partial charge in [0, 0.05) is 11.1 Å². The Labute approximate surface area is 163 Å². The number of halogens is 1. The quantitative estimate of drug-likeness (QED) is 0.363. The third-order valence-corrected chi connectivity index (χ3v) is 4.82. The molecule has 0 saturated heterocycles. The molecule has 0 fully saturated rings. The summed E-state index contributed by atoms with van der Waals surface area (Å²) in [5.74, 6) is -0.0965. The fourth-order valence-corrected chi connectivity index (χ4v) is 3.18. The van der Waals surface area contributed by atoms with E-state index in [9.17, 15) is 14.9 Å². The zero-order valence-corrected chi connectivity index (χ0v) is 15.8. The highest BCUT2D eigenvalue weighted by atomic mass is 35.5. The van der Waals surface area contributed by atoms with E-state index in [1.54, 1.807) is 25.1 Å². The van der Waals surface area contributed by atoms with Crippen molar-refractivity contribution in [2.45, 2.75) is 17.4 Å². The SMILES string of the molecule is COc1ccc(NC(=O)[C@H](C)Sc2nc3ccc(Cl)cc3o2)c([N+](=O)[O-])c1. The third kappa shape index (κ3) is 4.32. The Bertz CT molecular complexity index is 1020. The van der Waals surface area contributed by atoms with E-state index >= 15 is 0 Å². The van der Waals surface area contributed by atoms with Crippen LogP contribution in [0, 0.1) is 10.1 Å². The van der Waals surface area contributed by atoms with Crippen LogP contribution in [0.5, 0.6) is 5.75 Å². The Hall–Kier alpha value is -2.78. The third-order valence-electron chi connectivity index (χ3n) is 3.64. The van der Waals surface area contributed by atoms with Crippen molar-refractivity contribution >= 4 is 51.7 Å². The molecule has 0 saturated carbocycles. The van der Waals surface area contributed by atoms with Gasteiger partial charge in [-0.15, -0.1) is 0 Å². The van der Waals surface area contributed by atoms with Crippen molar-refractivity contribution in [3.05, 3.63) is 51.5 Å². The highest BCUT2D eigenvalue weighted by Crippen LogP contribution is 2.31. The number of methoxy groups -OCH3 is 1. The van der Waals surface area contributed by atoms with Crippen LogP contribution in [0.1, 0.15) is 6.92 Å². The van der Waals surface area contributed by atoms with Gasteiger partial charge >= 0.3 is 0 Å². The fourth-order valence-electron chi connectivity index (χ4n) is 2.26. The molecule has 140 valence electrons. The van der Waals surface area contributed by atoms with Gasteiger partial charge in [0.15, 0.2) is 5.58 Å². The van der Waals surface area contributed by atoms with E-state index in [1.807, 2.05) is 0 Å². The molecule has 0 bridgehead atoms. The maximum Gasteiger partial charge on any atom is 0.296 e. The van der Waals surface area contributed by atoms with Crippen molar-refractivity contribution in [1.82, 2.24) is 4.98 Å². The van der Waals surface area contributed by atoms with E-state index in [4.69, 9.17) is 20.8 Å². The second-order valence-corrected chi connectivity index (χ2v) is 7.21. The van der Waals surface area contributed by atoms with E-state index in [0.29, 0.717) is 27.1 Å². The van der Waals surface area contributed by atoms with Crippen LogP contribution in [0.4, 0.5) is 11.4 Å². The van der Waals surface area contributed by atoms with Crippen molar-refractivity contribution in [2.24, 2.45) is 0 Å². The maximum absolute atomic E-state index is 12.4. The largest absolute Gasteiger partial charge is 0.496 e. The van der Waals surface area contributed by atoms with Crippen LogP contribution in [-0.4, -0.2) is 28.2 Å². The van der Waals surface area contributed by atoms with Gasteiger partial charge in [-0.3, -0.25) is 14.9 Å². The molecule has 0 radical (unpaired) electrons. The minimum atomic E-state index is -0.602. The average molecular weight is 408 g/mol. The number of thioether (sulfide) groups is 1. The highest BCUT2D eigenvalue weighted by molar-refractivity contribution is 8.00. The standard InChI is InChI=1S/C17H14ClN3O5S/c1-9(27-17-20-13-5-3-10(18)7-15(13)26-17)16(22)19-12-6-4-11(25-2)8-14(12)21(23)24/h3-9H,1-2H3,(H,19,22)/t9-/m0/s1. The van der Waals surface area contributed by atoms with Gasteiger partial charge in [0.2, 0.25) is 5.91 Å². The zero-order chi connectivity index (χ0) is 19.6. The molecular formula is C17H14ClN3O5S. The molecule has 3 aromatic rings. The molecule has 0 aliphatic heterocycles. The molecule has 1 N–H and O–H groups in total. The first-order valence-corrected chi connectivity index (χ1v) is 8.99.